The van der Waals surface area contributed by atoms with Crippen LogP contribution in [0.5, 0.6) is 0 Å². The minimum absolute atomic E-state index is 0.0541. The van der Waals surface area contributed by atoms with Crippen LogP contribution in [0.3, 0.4) is 0 Å². The molecule has 13 nitrogen and oxygen atoms in total. The summed E-state index contributed by atoms with van der Waals surface area (Å²) in [7, 11) is 4.21. The number of rotatable bonds is 12. The zero-order valence-corrected chi connectivity index (χ0v) is 58.4. The number of likely N-dealkylation sites (tertiary alicyclic amines) is 1. The van der Waals surface area contributed by atoms with E-state index in [9.17, 15) is 18.0 Å². The maximum absolute atomic E-state index is 14.7. The molecular formula is C73H118ClF3N12O. The Morgan fingerprint density at radius 1 is 0.811 bits per heavy atom. The predicted molar refractivity (Wildman–Crippen MR) is 369 cm³/mol. The molecule has 2 aromatic rings. The number of likely N-dealkylation sites (N-methyl/N-ethyl adjacent to an activating group) is 1. The first-order valence-corrected chi connectivity index (χ1v) is 35.2. The Hall–Kier alpha value is -4.42. The number of amides is 1. The van der Waals surface area contributed by atoms with Crippen molar-refractivity contribution < 1.29 is 18.0 Å². The number of allylic oxidation sites excluding steroid dienone is 4. The van der Waals surface area contributed by atoms with Gasteiger partial charge in [0.05, 0.1) is 23.0 Å². The highest BCUT2D eigenvalue weighted by Crippen LogP contribution is 2.42. The molecule has 2 aromatic carbocycles. The Kier molecular flexibility index (Phi) is 28.1. The summed E-state index contributed by atoms with van der Waals surface area (Å²) in [5.74, 6) is 1.67. The van der Waals surface area contributed by atoms with Gasteiger partial charge in [0.25, 0.3) is 0 Å². The molecule has 504 valence electrons. The van der Waals surface area contributed by atoms with Crippen LogP contribution in [0, 0.1) is 30.6 Å². The fourth-order valence-corrected chi connectivity index (χ4v) is 15.3. The van der Waals surface area contributed by atoms with E-state index in [1.807, 2.05) is 31.7 Å². The largest absolute Gasteiger partial charge is 0.417 e. The summed E-state index contributed by atoms with van der Waals surface area (Å²) in [5.41, 5.74) is 5.62. The van der Waals surface area contributed by atoms with Crippen molar-refractivity contribution in [1.29, 1.82) is 0 Å². The van der Waals surface area contributed by atoms with Crippen molar-refractivity contribution in [1.82, 2.24) is 56.4 Å². The van der Waals surface area contributed by atoms with Crippen molar-refractivity contribution in [3.63, 3.8) is 0 Å². The summed E-state index contributed by atoms with van der Waals surface area (Å²) in [6.07, 6.45) is 21.5. The fourth-order valence-electron chi connectivity index (χ4n) is 15.0. The normalized spacial score (nSPS) is 28.8. The first kappa shape index (κ1) is 73.0. The SMILES string of the molecule is CC[C@H](C)[C@H]1C(C)NC2(CCCC2)CNCCN=CC=C(CCc2ccc(C(F)(F)F)c(Cl)c2)NC=CN(C)C=C(Cc2ccc(C)cc2)N(C)C=C2CCCN2[C@@H](C)C(C)N[C@@H]([C@@H](C)CC)CN[C@@H](CC(C)C)C(C)NCC2[C@@H](C(=O)N3CCCC3)C(C)N21. The molecule has 5 unspecified atom stereocenters. The van der Waals surface area contributed by atoms with E-state index in [2.05, 4.69) is 183 Å². The second kappa shape index (κ2) is 34.7. The van der Waals surface area contributed by atoms with E-state index >= 15 is 0 Å². The highest BCUT2D eigenvalue weighted by molar-refractivity contribution is 6.31. The van der Waals surface area contributed by atoms with Gasteiger partial charge in [-0.15, -0.1) is 0 Å². The molecule has 4 aliphatic heterocycles. The molecule has 4 fully saturated rings. The van der Waals surface area contributed by atoms with Crippen molar-refractivity contribution in [2.45, 2.75) is 239 Å². The van der Waals surface area contributed by atoms with Crippen LogP contribution in [0.2, 0.25) is 5.02 Å². The number of nitrogens with one attached hydrogen (secondary N) is 6. The van der Waals surface area contributed by atoms with Gasteiger partial charge in [0, 0.05) is 174 Å². The van der Waals surface area contributed by atoms with Crippen molar-refractivity contribution in [3.8, 4) is 0 Å². The third-order valence-corrected chi connectivity index (χ3v) is 21.3. The van der Waals surface area contributed by atoms with Gasteiger partial charge in [0.1, 0.15) is 0 Å². The van der Waals surface area contributed by atoms with Gasteiger partial charge in [-0.2, -0.15) is 13.2 Å². The van der Waals surface area contributed by atoms with Gasteiger partial charge in [-0.1, -0.05) is 115 Å². The van der Waals surface area contributed by atoms with Crippen LogP contribution < -0.4 is 31.9 Å². The zero-order valence-electron chi connectivity index (χ0n) is 57.7. The standard InChI is InChI=1S/C73H118ClF3N12O/c1-15-52(6)67-45-82-66(42-50(3)4)55(9)81-46-68-69(71(90)87-38-19-20-39-87)58(12)89(68)70(53(7)16-2)56(10)84-72(32-17-18-33-72)49-79-36-35-78-34-31-61(29-27-60-28-30-64(65(74)44-60)73(75,76)77)80-37-41-85(13)47-63(43-59-25-23-51(5)24-26-59)86(14)48-62-22-21-40-88(62)57(11)54(8)83-67/h23-26,28,30-31,34,37,41,44,47-48,50,52-58,66-70,79-84H,15-22,27,29,32-33,35-36,38-40,42-43,45-46,49H2,1-14H3/t52-,53-,54?,55?,56?,57-,58?,66-,67+,68?,69-,70-/m0/s1. The maximum atomic E-state index is 14.7. The number of aliphatic imine (C=N–C) groups is 1. The first-order valence-electron chi connectivity index (χ1n) is 34.9. The average Bonchev–Trinajstić information content (AvgIpc) is 0.882. The average molecular weight is 1270 g/mol. The van der Waals surface area contributed by atoms with E-state index < -0.39 is 11.7 Å². The first-order chi connectivity index (χ1) is 42.9. The van der Waals surface area contributed by atoms with Gasteiger partial charge >= 0.3 is 6.18 Å². The van der Waals surface area contributed by atoms with E-state index in [-0.39, 0.29) is 70.9 Å². The van der Waals surface area contributed by atoms with E-state index in [1.165, 1.54) is 41.8 Å². The number of hydrogen-bond donors (Lipinski definition) is 6. The van der Waals surface area contributed by atoms with Gasteiger partial charge in [0.15, 0.2) is 0 Å². The topological polar surface area (TPSA) is 118 Å². The molecule has 7 rings (SSSR count). The summed E-state index contributed by atoms with van der Waals surface area (Å²) in [5, 5.41) is 23.9. The van der Waals surface area contributed by atoms with Crippen molar-refractivity contribution in [3.05, 3.63) is 118 Å². The third-order valence-electron chi connectivity index (χ3n) is 21.0. The van der Waals surface area contributed by atoms with E-state index in [4.69, 9.17) is 16.6 Å². The third kappa shape index (κ3) is 20.3. The van der Waals surface area contributed by atoms with Crippen LogP contribution in [-0.4, -0.2) is 163 Å². The van der Waals surface area contributed by atoms with Gasteiger partial charge in [-0.3, -0.25) is 14.7 Å². The number of halogens is 4. The smallest absolute Gasteiger partial charge is 0.369 e. The summed E-state index contributed by atoms with van der Waals surface area (Å²) in [4.78, 5) is 31.5. The maximum Gasteiger partial charge on any atom is 0.417 e. The minimum atomic E-state index is -4.52. The number of nitrogens with zero attached hydrogens (tertiary/aromatic N) is 6. The monoisotopic (exact) mass is 1270 g/mol. The van der Waals surface area contributed by atoms with Crippen LogP contribution in [0.4, 0.5) is 13.2 Å². The molecule has 0 radical (unpaired) electrons. The second-order valence-corrected chi connectivity index (χ2v) is 28.7. The number of alkyl halides is 3. The summed E-state index contributed by atoms with van der Waals surface area (Å²) in [6.45, 7) is 34.7. The number of benzene rings is 2. The number of aryl methyl sites for hydroxylation is 2. The highest BCUT2D eigenvalue weighted by atomic mass is 35.5. The molecule has 17 heteroatoms. The second-order valence-electron chi connectivity index (χ2n) is 28.3. The molecule has 1 amide bonds. The van der Waals surface area contributed by atoms with Gasteiger partial charge in [-0.25, -0.2) is 0 Å². The molecule has 1 spiro atoms. The lowest BCUT2D eigenvalue weighted by atomic mass is 9.74. The van der Waals surface area contributed by atoms with Crippen molar-refractivity contribution in [2.24, 2.45) is 28.7 Å². The zero-order chi connectivity index (χ0) is 65.3. The van der Waals surface area contributed by atoms with Crippen molar-refractivity contribution >= 4 is 23.7 Å². The van der Waals surface area contributed by atoms with Crippen LogP contribution in [0.1, 0.15) is 175 Å². The van der Waals surface area contributed by atoms with Gasteiger partial charge in [0.2, 0.25) is 5.91 Å². The molecule has 1 aliphatic carbocycles. The lowest BCUT2D eigenvalue weighted by Crippen LogP contribution is -2.76. The molecule has 5 aliphatic rings. The van der Waals surface area contributed by atoms with E-state index in [0.717, 1.165) is 127 Å². The lowest BCUT2D eigenvalue weighted by Gasteiger charge is -2.60. The van der Waals surface area contributed by atoms with E-state index in [0.29, 0.717) is 49.6 Å². The molecule has 4 heterocycles. The van der Waals surface area contributed by atoms with Crippen LogP contribution in [0.25, 0.3) is 0 Å². The Bertz CT molecular complexity index is 2680. The summed E-state index contributed by atoms with van der Waals surface area (Å²) < 4.78 is 41.1. The van der Waals surface area contributed by atoms with Gasteiger partial charge < -0.3 is 51.5 Å². The Morgan fingerprint density at radius 2 is 1.51 bits per heavy atom. The Balaban J connectivity index is 1.20. The Labute approximate surface area is 547 Å². The molecule has 12 atom stereocenters. The number of hydrogen-bond acceptors (Lipinski definition) is 12. The molecule has 0 aromatic heterocycles. The minimum Gasteiger partial charge on any atom is -0.369 e. The number of fused-ring (bicyclic) bond motifs is 2. The highest BCUT2D eigenvalue weighted by Gasteiger charge is 2.55. The summed E-state index contributed by atoms with van der Waals surface area (Å²) >= 11 is 6.20. The number of carbonyl (C=O) groups excluding carboxylic acids is 1. The molecule has 0 bridgehead atoms. The molecule has 1 saturated carbocycles. The lowest BCUT2D eigenvalue weighted by molar-refractivity contribution is -0.160. The van der Waals surface area contributed by atoms with Crippen molar-refractivity contribution in [2.75, 3.05) is 66.5 Å². The Morgan fingerprint density at radius 3 is 2.18 bits per heavy atom. The predicted octanol–water partition coefficient (Wildman–Crippen LogP) is 12.9. The van der Waals surface area contributed by atoms with E-state index in [1.54, 1.807) is 0 Å². The molecule has 6 N–H and O–H groups in total. The quantitative estimate of drug-likeness (QED) is 0.122. The number of carbonyl (C=O) groups is 1. The summed E-state index contributed by atoms with van der Waals surface area (Å²) in [6, 6.07) is 14.6. The fraction of sp³-hybridized carbons (Fsp3) is 0.699. The van der Waals surface area contributed by atoms with Crippen LogP contribution in [-0.2, 0) is 23.8 Å². The van der Waals surface area contributed by atoms with Crippen LogP contribution >= 0.6 is 11.6 Å². The molecular weight excluding hydrogens is 1150 g/mol. The van der Waals surface area contributed by atoms with Crippen LogP contribution in [0.15, 0.2) is 95.4 Å². The van der Waals surface area contributed by atoms with Gasteiger partial charge in [-0.05, 0) is 146 Å². The molecule has 90 heavy (non-hydrogen) atoms. The molecule has 3 saturated heterocycles.